The molecule has 21 heavy (non-hydrogen) atoms. The van der Waals surface area contributed by atoms with E-state index in [1.165, 1.54) is 12.4 Å². The van der Waals surface area contributed by atoms with E-state index in [1.54, 1.807) is 29.3 Å². The lowest BCUT2D eigenvalue weighted by Crippen LogP contribution is -2.31. The highest BCUT2D eigenvalue weighted by atomic mass is 35.5. The van der Waals surface area contributed by atoms with Gasteiger partial charge in [0.1, 0.15) is 11.8 Å². The van der Waals surface area contributed by atoms with E-state index < -0.39 is 0 Å². The molecule has 0 aromatic carbocycles. The molecule has 6 nitrogen and oxygen atoms in total. The predicted molar refractivity (Wildman–Crippen MR) is 76.2 cm³/mol. The van der Waals surface area contributed by atoms with Gasteiger partial charge >= 0.3 is 6.01 Å². The molecule has 2 aromatic heterocycles. The molecule has 3 heterocycles. The summed E-state index contributed by atoms with van der Waals surface area (Å²) in [5, 5.41) is 0.459. The maximum atomic E-state index is 12.2. The summed E-state index contributed by atoms with van der Waals surface area (Å²) in [6, 6.07) is 5.56. The topological polar surface area (TPSA) is 68.2 Å². The first kappa shape index (κ1) is 13.8. The average Bonchev–Trinajstić information content (AvgIpc) is 2.98. The Balaban J connectivity index is 1.60. The summed E-state index contributed by atoms with van der Waals surface area (Å²) in [6.45, 7) is 1.13. The van der Waals surface area contributed by atoms with E-state index in [1.807, 2.05) is 0 Å². The molecule has 0 spiro atoms. The van der Waals surface area contributed by atoms with E-state index in [0.29, 0.717) is 23.8 Å². The Morgan fingerprint density at radius 1 is 1.29 bits per heavy atom. The number of ether oxygens (including phenoxy) is 1. The molecule has 1 atom stereocenters. The molecule has 0 N–H and O–H groups in total. The lowest BCUT2D eigenvalue weighted by molar-refractivity contribution is 0.0764. The summed E-state index contributed by atoms with van der Waals surface area (Å²) < 4.78 is 5.65. The number of pyridine rings is 1. The minimum Gasteiger partial charge on any atom is -0.458 e. The summed E-state index contributed by atoms with van der Waals surface area (Å²) in [5.41, 5.74) is 0.445. The lowest BCUT2D eigenvalue weighted by atomic mass is 10.3. The molecule has 0 radical (unpaired) electrons. The van der Waals surface area contributed by atoms with Crippen molar-refractivity contribution in [1.29, 1.82) is 0 Å². The normalized spacial score (nSPS) is 17.8. The number of carbonyl (C=O) groups excluding carboxylic acids is 1. The molecule has 1 aliphatic heterocycles. The maximum absolute atomic E-state index is 12.2. The van der Waals surface area contributed by atoms with Crippen molar-refractivity contribution in [3.63, 3.8) is 0 Å². The van der Waals surface area contributed by atoms with Crippen LogP contribution in [0.2, 0.25) is 5.02 Å². The number of hydrogen-bond acceptors (Lipinski definition) is 5. The van der Waals surface area contributed by atoms with Gasteiger partial charge in [-0.3, -0.25) is 9.78 Å². The van der Waals surface area contributed by atoms with Crippen LogP contribution in [0.1, 0.15) is 16.9 Å². The number of rotatable bonds is 3. The molecule has 1 saturated heterocycles. The summed E-state index contributed by atoms with van der Waals surface area (Å²) in [6.07, 6.45) is 5.20. The van der Waals surface area contributed by atoms with Crippen LogP contribution >= 0.6 is 11.6 Å². The smallest absolute Gasteiger partial charge is 0.316 e. The fourth-order valence-corrected chi connectivity index (χ4v) is 2.27. The van der Waals surface area contributed by atoms with Gasteiger partial charge in [0.15, 0.2) is 0 Å². The first-order chi connectivity index (χ1) is 10.2. The molecule has 1 aliphatic rings. The van der Waals surface area contributed by atoms with Crippen LogP contribution in [0.3, 0.4) is 0 Å². The summed E-state index contributed by atoms with van der Waals surface area (Å²) >= 11 is 5.72. The number of carbonyl (C=O) groups is 1. The summed E-state index contributed by atoms with van der Waals surface area (Å²) in [5.74, 6) is -0.0845. The van der Waals surface area contributed by atoms with Gasteiger partial charge in [-0.05, 0) is 12.1 Å². The summed E-state index contributed by atoms with van der Waals surface area (Å²) in [7, 11) is 0. The van der Waals surface area contributed by atoms with Gasteiger partial charge in [0.25, 0.3) is 5.91 Å². The SMILES string of the molecule is O=C(c1ccccn1)N1CCC(Oc2ncc(Cl)cn2)C1. The van der Waals surface area contributed by atoms with E-state index in [0.717, 1.165) is 6.42 Å². The average molecular weight is 305 g/mol. The molecular weight excluding hydrogens is 292 g/mol. The van der Waals surface area contributed by atoms with Crippen LogP contribution in [-0.2, 0) is 0 Å². The molecule has 7 heteroatoms. The molecule has 108 valence electrons. The second kappa shape index (κ2) is 6.05. The van der Waals surface area contributed by atoms with Crippen LogP contribution in [0, 0.1) is 0 Å². The van der Waals surface area contributed by atoms with E-state index in [4.69, 9.17) is 16.3 Å². The molecule has 3 rings (SSSR count). The van der Waals surface area contributed by atoms with E-state index >= 15 is 0 Å². The van der Waals surface area contributed by atoms with Gasteiger partial charge in [-0.25, -0.2) is 9.97 Å². The van der Waals surface area contributed by atoms with Crippen molar-refractivity contribution in [2.45, 2.75) is 12.5 Å². The molecular formula is C14H13ClN4O2. The minimum atomic E-state index is -0.112. The van der Waals surface area contributed by atoms with Gasteiger partial charge in [-0.1, -0.05) is 17.7 Å². The molecule has 0 aliphatic carbocycles. The Labute approximate surface area is 126 Å². The lowest BCUT2D eigenvalue weighted by Gasteiger charge is -2.16. The second-order valence-electron chi connectivity index (χ2n) is 4.68. The Morgan fingerprint density at radius 2 is 2.10 bits per heavy atom. The monoisotopic (exact) mass is 304 g/mol. The predicted octanol–water partition coefficient (Wildman–Crippen LogP) is 1.82. The van der Waals surface area contributed by atoms with Gasteiger partial charge in [0.2, 0.25) is 0 Å². The van der Waals surface area contributed by atoms with Gasteiger partial charge in [0, 0.05) is 19.2 Å². The number of hydrogen-bond donors (Lipinski definition) is 0. The zero-order valence-electron chi connectivity index (χ0n) is 11.1. The second-order valence-corrected chi connectivity index (χ2v) is 5.11. The van der Waals surface area contributed by atoms with E-state index in [-0.39, 0.29) is 18.0 Å². The van der Waals surface area contributed by atoms with Crippen LogP contribution in [0.15, 0.2) is 36.8 Å². The van der Waals surface area contributed by atoms with Crippen molar-refractivity contribution in [3.8, 4) is 6.01 Å². The quantitative estimate of drug-likeness (QED) is 0.865. The van der Waals surface area contributed by atoms with Gasteiger partial charge in [-0.15, -0.1) is 0 Å². The third-order valence-electron chi connectivity index (χ3n) is 3.18. The molecule has 1 amide bonds. The highest BCUT2D eigenvalue weighted by molar-refractivity contribution is 6.30. The van der Waals surface area contributed by atoms with Gasteiger partial charge in [-0.2, -0.15) is 0 Å². The van der Waals surface area contributed by atoms with Crippen molar-refractivity contribution in [3.05, 3.63) is 47.5 Å². The van der Waals surface area contributed by atoms with E-state index in [2.05, 4.69) is 15.0 Å². The molecule has 0 saturated carbocycles. The standard InChI is InChI=1S/C14H13ClN4O2/c15-10-7-17-14(18-8-10)21-11-4-6-19(9-11)13(20)12-3-1-2-5-16-12/h1-3,5,7-8,11H,4,6,9H2. The Morgan fingerprint density at radius 3 is 2.81 bits per heavy atom. The first-order valence-electron chi connectivity index (χ1n) is 6.57. The Hall–Kier alpha value is -2.21. The van der Waals surface area contributed by atoms with Crippen molar-refractivity contribution >= 4 is 17.5 Å². The van der Waals surface area contributed by atoms with Crippen LogP contribution in [0.5, 0.6) is 6.01 Å². The van der Waals surface area contributed by atoms with Crippen LogP contribution in [0.25, 0.3) is 0 Å². The van der Waals surface area contributed by atoms with Crippen molar-refractivity contribution in [2.75, 3.05) is 13.1 Å². The fraction of sp³-hybridized carbons (Fsp3) is 0.286. The third kappa shape index (κ3) is 3.28. The number of amides is 1. The Kier molecular flexibility index (Phi) is 3.96. The third-order valence-corrected chi connectivity index (χ3v) is 3.38. The van der Waals surface area contributed by atoms with Crippen LogP contribution in [-0.4, -0.2) is 45.0 Å². The highest BCUT2D eigenvalue weighted by Gasteiger charge is 2.29. The van der Waals surface area contributed by atoms with E-state index in [9.17, 15) is 4.79 Å². The number of aromatic nitrogens is 3. The number of likely N-dealkylation sites (tertiary alicyclic amines) is 1. The van der Waals surface area contributed by atoms with Gasteiger partial charge in [0.05, 0.1) is 24.0 Å². The summed E-state index contributed by atoms with van der Waals surface area (Å²) in [4.78, 5) is 26.0. The molecule has 1 fully saturated rings. The molecule has 1 unspecified atom stereocenters. The van der Waals surface area contributed by atoms with Crippen molar-refractivity contribution in [2.24, 2.45) is 0 Å². The zero-order valence-corrected chi connectivity index (χ0v) is 11.9. The minimum absolute atomic E-state index is 0.0845. The number of nitrogens with zero attached hydrogens (tertiary/aromatic N) is 4. The van der Waals surface area contributed by atoms with Gasteiger partial charge < -0.3 is 9.64 Å². The number of halogens is 1. The van der Waals surface area contributed by atoms with Crippen LogP contribution in [0.4, 0.5) is 0 Å². The molecule has 0 bridgehead atoms. The van der Waals surface area contributed by atoms with Crippen molar-refractivity contribution < 1.29 is 9.53 Å². The van der Waals surface area contributed by atoms with Crippen LogP contribution < -0.4 is 4.74 Å². The Bertz CT molecular complexity index is 621. The highest BCUT2D eigenvalue weighted by Crippen LogP contribution is 2.17. The maximum Gasteiger partial charge on any atom is 0.316 e. The largest absolute Gasteiger partial charge is 0.458 e. The zero-order chi connectivity index (χ0) is 14.7. The first-order valence-corrected chi connectivity index (χ1v) is 6.94. The molecule has 2 aromatic rings. The van der Waals surface area contributed by atoms with Crippen molar-refractivity contribution in [1.82, 2.24) is 19.9 Å². The fourth-order valence-electron chi connectivity index (χ4n) is 2.17.